The summed E-state index contributed by atoms with van der Waals surface area (Å²) in [5, 5.41) is 3.36. The van der Waals surface area contributed by atoms with Gasteiger partial charge < -0.3 is 5.32 Å². The lowest BCUT2D eigenvalue weighted by molar-refractivity contribution is 0.345. The van der Waals surface area contributed by atoms with Crippen LogP contribution in [0.25, 0.3) is 0 Å². The molecule has 2 unspecified atom stereocenters. The Morgan fingerprint density at radius 2 is 1.88 bits per heavy atom. The molecule has 0 radical (unpaired) electrons. The summed E-state index contributed by atoms with van der Waals surface area (Å²) < 4.78 is 26.7. The fourth-order valence-corrected chi connectivity index (χ4v) is 2.14. The molecule has 0 aliphatic heterocycles. The van der Waals surface area contributed by atoms with Crippen LogP contribution in [0.4, 0.5) is 8.78 Å². The van der Waals surface area contributed by atoms with E-state index in [-0.39, 0.29) is 17.7 Å². The average molecular weight is 239 g/mol. The molecule has 1 N–H and O–H groups in total. The molecule has 17 heavy (non-hydrogen) atoms. The number of benzene rings is 1. The number of halogens is 2. The Bertz CT molecular complexity index is 413. The maximum absolute atomic E-state index is 13.6. The molecular weight excluding hydrogens is 220 g/mol. The van der Waals surface area contributed by atoms with Crippen LogP contribution < -0.4 is 5.32 Å². The van der Waals surface area contributed by atoms with Crippen LogP contribution in [0.2, 0.25) is 0 Å². The topological polar surface area (TPSA) is 12.0 Å². The zero-order chi connectivity index (χ0) is 12.6. The van der Waals surface area contributed by atoms with E-state index in [2.05, 4.69) is 19.2 Å². The van der Waals surface area contributed by atoms with Gasteiger partial charge in [0, 0.05) is 17.6 Å². The molecule has 0 aromatic heterocycles. The summed E-state index contributed by atoms with van der Waals surface area (Å²) in [7, 11) is 0. The summed E-state index contributed by atoms with van der Waals surface area (Å²) in [5.41, 5.74) is 0.735. The molecule has 1 aromatic carbocycles. The van der Waals surface area contributed by atoms with Crippen LogP contribution >= 0.6 is 0 Å². The summed E-state index contributed by atoms with van der Waals surface area (Å²) in [4.78, 5) is 0. The minimum Gasteiger partial charge on any atom is -0.307 e. The third kappa shape index (κ3) is 2.65. The van der Waals surface area contributed by atoms with Crippen molar-refractivity contribution in [2.24, 2.45) is 5.41 Å². The van der Waals surface area contributed by atoms with E-state index in [0.29, 0.717) is 17.0 Å². The number of nitrogens with one attached hydrogen (secondary N) is 1. The van der Waals surface area contributed by atoms with Crippen LogP contribution in [0.1, 0.15) is 45.2 Å². The van der Waals surface area contributed by atoms with Crippen LogP contribution in [-0.4, -0.2) is 6.04 Å². The predicted octanol–water partition coefficient (Wildman–Crippen LogP) is 3.80. The monoisotopic (exact) mass is 239 g/mol. The molecule has 1 aliphatic rings. The Labute approximate surface area is 101 Å². The van der Waals surface area contributed by atoms with Crippen molar-refractivity contribution in [3.05, 3.63) is 35.4 Å². The molecular formula is C14H19F2N. The van der Waals surface area contributed by atoms with Crippen molar-refractivity contribution in [3.63, 3.8) is 0 Å². The van der Waals surface area contributed by atoms with E-state index in [9.17, 15) is 8.78 Å². The van der Waals surface area contributed by atoms with E-state index in [1.807, 2.05) is 6.92 Å². The first kappa shape index (κ1) is 12.5. The zero-order valence-corrected chi connectivity index (χ0v) is 10.6. The highest BCUT2D eigenvalue weighted by Gasteiger charge is 2.42. The van der Waals surface area contributed by atoms with Gasteiger partial charge in [0.05, 0.1) is 0 Å². The third-order valence-electron chi connectivity index (χ3n) is 4.01. The second-order valence-corrected chi connectivity index (χ2v) is 5.43. The van der Waals surface area contributed by atoms with Crippen LogP contribution in [0.3, 0.4) is 0 Å². The highest BCUT2D eigenvalue weighted by atomic mass is 19.1. The second-order valence-electron chi connectivity index (χ2n) is 5.43. The molecule has 0 amide bonds. The van der Waals surface area contributed by atoms with Gasteiger partial charge in [-0.15, -0.1) is 0 Å². The van der Waals surface area contributed by atoms with E-state index in [0.717, 1.165) is 6.07 Å². The lowest BCUT2D eigenvalue weighted by atomic mass is 9.98. The van der Waals surface area contributed by atoms with Crippen LogP contribution in [0.15, 0.2) is 18.2 Å². The lowest BCUT2D eigenvalue weighted by Gasteiger charge is -2.25. The Morgan fingerprint density at radius 1 is 1.24 bits per heavy atom. The summed E-state index contributed by atoms with van der Waals surface area (Å²) in [6.45, 7) is 6.21. The molecule has 1 aromatic rings. The molecule has 0 bridgehead atoms. The summed E-state index contributed by atoms with van der Waals surface area (Å²) in [6, 6.07) is 3.76. The predicted molar refractivity (Wildman–Crippen MR) is 64.7 cm³/mol. The summed E-state index contributed by atoms with van der Waals surface area (Å²) in [5.74, 6) is -0.736. The molecule has 1 saturated carbocycles. The maximum atomic E-state index is 13.6. The van der Waals surface area contributed by atoms with Gasteiger partial charge in [0.25, 0.3) is 0 Å². The standard InChI is InChI=1S/C14H19F2N/c1-9(17-10(2)14(3)6-7-14)12-8-11(15)4-5-13(12)16/h4-5,8-10,17H,6-7H2,1-3H3. The van der Waals surface area contributed by atoms with Crippen LogP contribution in [0.5, 0.6) is 0 Å². The van der Waals surface area contributed by atoms with E-state index in [1.54, 1.807) is 0 Å². The van der Waals surface area contributed by atoms with E-state index < -0.39 is 0 Å². The molecule has 3 heteroatoms. The SMILES string of the molecule is CC(NC(C)C1(C)CC1)c1cc(F)ccc1F. The number of hydrogen-bond acceptors (Lipinski definition) is 1. The van der Waals surface area contributed by atoms with Gasteiger partial charge in [0.2, 0.25) is 0 Å². The molecule has 2 rings (SSSR count). The van der Waals surface area contributed by atoms with Crippen molar-refractivity contribution < 1.29 is 8.78 Å². The molecule has 0 heterocycles. The molecule has 1 fully saturated rings. The van der Waals surface area contributed by atoms with Gasteiger partial charge in [0.1, 0.15) is 11.6 Å². The maximum Gasteiger partial charge on any atom is 0.128 e. The van der Waals surface area contributed by atoms with Crippen LogP contribution in [0, 0.1) is 17.0 Å². The van der Waals surface area contributed by atoms with Gasteiger partial charge in [-0.25, -0.2) is 8.78 Å². The first-order chi connectivity index (χ1) is 7.92. The molecule has 94 valence electrons. The highest BCUT2D eigenvalue weighted by Crippen LogP contribution is 2.48. The molecule has 0 saturated heterocycles. The fourth-order valence-electron chi connectivity index (χ4n) is 2.14. The van der Waals surface area contributed by atoms with Crippen molar-refractivity contribution in [3.8, 4) is 0 Å². The largest absolute Gasteiger partial charge is 0.307 e. The van der Waals surface area contributed by atoms with Gasteiger partial charge >= 0.3 is 0 Å². The minimum absolute atomic E-state index is 0.168. The van der Waals surface area contributed by atoms with Crippen molar-refractivity contribution in [1.82, 2.24) is 5.32 Å². The fraction of sp³-hybridized carbons (Fsp3) is 0.571. The van der Waals surface area contributed by atoms with Crippen LogP contribution in [-0.2, 0) is 0 Å². The van der Waals surface area contributed by atoms with Crippen molar-refractivity contribution in [2.75, 3.05) is 0 Å². The Kier molecular flexibility index (Phi) is 3.21. The van der Waals surface area contributed by atoms with Crippen molar-refractivity contribution >= 4 is 0 Å². The van der Waals surface area contributed by atoms with Crippen molar-refractivity contribution in [2.45, 2.75) is 45.7 Å². The smallest absolute Gasteiger partial charge is 0.128 e. The van der Waals surface area contributed by atoms with E-state index in [1.165, 1.54) is 25.0 Å². The average Bonchev–Trinajstić information content (AvgIpc) is 3.01. The Morgan fingerprint density at radius 3 is 2.47 bits per heavy atom. The van der Waals surface area contributed by atoms with E-state index >= 15 is 0 Å². The molecule has 2 atom stereocenters. The quantitative estimate of drug-likeness (QED) is 0.842. The second kappa shape index (κ2) is 4.37. The Hall–Kier alpha value is -0.960. The van der Waals surface area contributed by atoms with Gasteiger partial charge in [0.15, 0.2) is 0 Å². The molecule has 1 nitrogen and oxygen atoms in total. The van der Waals surface area contributed by atoms with E-state index in [4.69, 9.17) is 0 Å². The molecule has 0 spiro atoms. The number of hydrogen-bond donors (Lipinski definition) is 1. The van der Waals surface area contributed by atoms with Gasteiger partial charge in [-0.1, -0.05) is 6.92 Å². The lowest BCUT2D eigenvalue weighted by Crippen LogP contribution is -2.35. The Balaban J connectivity index is 2.08. The summed E-state index contributed by atoms with van der Waals surface area (Å²) >= 11 is 0. The normalized spacial score (nSPS) is 21.0. The molecule has 1 aliphatic carbocycles. The summed E-state index contributed by atoms with van der Waals surface area (Å²) in [6.07, 6.45) is 2.42. The highest BCUT2D eigenvalue weighted by molar-refractivity contribution is 5.22. The third-order valence-corrected chi connectivity index (χ3v) is 4.01. The minimum atomic E-state index is -0.389. The first-order valence-electron chi connectivity index (χ1n) is 6.13. The van der Waals surface area contributed by atoms with Crippen molar-refractivity contribution in [1.29, 1.82) is 0 Å². The van der Waals surface area contributed by atoms with Gasteiger partial charge in [-0.3, -0.25) is 0 Å². The number of rotatable bonds is 4. The first-order valence-corrected chi connectivity index (χ1v) is 6.13. The van der Waals surface area contributed by atoms with Gasteiger partial charge in [-0.2, -0.15) is 0 Å². The zero-order valence-electron chi connectivity index (χ0n) is 10.6. The van der Waals surface area contributed by atoms with Gasteiger partial charge in [-0.05, 0) is 50.3 Å².